The van der Waals surface area contributed by atoms with Gasteiger partial charge in [-0.2, -0.15) is 0 Å². The molecule has 13 nitrogen and oxygen atoms in total. The number of cyclic esters (lactones) is 1. The Kier molecular flexibility index (Phi) is 6.49. The van der Waals surface area contributed by atoms with Crippen molar-refractivity contribution < 1.29 is 58.5 Å². The summed E-state index contributed by atoms with van der Waals surface area (Å²) in [5, 5.41) is 34.0. The Morgan fingerprint density at radius 1 is 1.10 bits per heavy atom. The number of carbonyl (C=O) groups excluding carboxylic acids is 2. The van der Waals surface area contributed by atoms with E-state index >= 15 is 0 Å². The molecular weight excluding hydrogens is 542 g/mol. The Morgan fingerprint density at radius 3 is 2.37 bits per heavy atom. The van der Waals surface area contributed by atoms with Crippen LogP contribution in [0.2, 0.25) is 0 Å². The number of aliphatic carboxylic acids is 1. The lowest BCUT2D eigenvalue weighted by molar-refractivity contribution is -0.170. The predicted octanol–water partition coefficient (Wildman–Crippen LogP) is -0.820. The number of carboxylic acid groups (broad SMARTS) is 1. The fraction of sp³-hybridized carbons (Fsp3) is 0.821. The quantitative estimate of drug-likeness (QED) is 0.175. The van der Waals surface area contributed by atoms with Crippen molar-refractivity contribution in [3.63, 3.8) is 0 Å². The van der Waals surface area contributed by atoms with Crippen molar-refractivity contribution >= 4 is 17.9 Å². The molecule has 3 saturated heterocycles. The minimum absolute atomic E-state index is 0.0632. The predicted molar refractivity (Wildman–Crippen MR) is 136 cm³/mol. The molecule has 7 rings (SSSR count). The maximum absolute atomic E-state index is 12.7. The zero-order chi connectivity index (χ0) is 29.8. The Bertz CT molecular complexity index is 1190. The van der Waals surface area contributed by atoms with E-state index < -0.39 is 60.2 Å². The van der Waals surface area contributed by atoms with Gasteiger partial charge in [0.05, 0.1) is 44.3 Å². The van der Waals surface area contributed by atoms with Gasteiger partial charge in [0.25, 0.3) is 0 Å². The second kappa shape index (κ2) is 9.18. The van der Waals surface area contributed by atoms with Crippen LogP contribution in [0.25, 0.3) is 0 Å². The van der Waals surface area contributed by atoms with E-state index in [1.807, 2.05) is 13.8 Å². The summed E-state index contributed by atoms with van der Waals surface area (Å²) in [6, 6.07) is 0. The van der Waals surface area contributed by atoms with E-state index in [1.165, 1.54) is 0 Å². The van der Waals surface area contributed by atoms with Gasteiger partial charge < -0.3 is 49.8 Å². The smallest absolute Gasteiger partial charge is 0.334 e. The van der Waals surface area contributed by atoms with Crippen LogP contribution in [0.15, 0.2) is 11.1 Å². The van der Waals surface area contributed by atoms with Gasteiger partial charge in [-0.05, 0) is 36.7 Å². The zero-order valence-electron chi connectivity index (χ0n) is 23.5. The molecular formula is C28H39NO12. The van der Waals surface area contributed by atoms with E-state index in [9.17, 15) is 14.4 Å². The highest BCUT2D eigenvalue weighted by Crippen LogP contribution is 2.83. The molecule has 4 heterocycles. The molecule has 0 aromatic carbocycles. The summed E-state index contributed by atoms with van der Waals surface area (Å²) in [7, 11) is 0. The highest BCUT2D eigenvalue weighted by molar-refractivity contribution is 5.92. The Balaban J connectivity index is 0.000000334. The third-order valence-corrected chi connectivity index (χ3v) is 10.8. The van der Waals surface area contributed by atoms with Crippen molar-refractivity contribution in [1.82, 2.24) is 0 Å². The van der Waals surface area contributed by atoms with E-state index in [0.29, 0.717) is 19.4 Å². The van der Waals surface area contributed by atoms with Gasteiger partial charge in [-0.15, -0.1) is 0 Å². The molecule has 0 amide bonds. The highest BCUT2D eigenvalue weighted by Gasteiger charge is 3.01. The minimum atomic E-state index is -1.21. The van der Waals surface area contributed by atoms with E-state index in [4.69, 9.17) is 49.8 Å². The fourth-order valence-electron chi connectivity index (χ4n) is 8.39. The molecule has 0 radical (unpaired) electrons. The molecule has 7 aliphatic rings. The van der Waals surface area contributed by atoms with E-state index in [0.717, 1.165) is 17.6 Å². The summed E-state index contributed by atoms with van der Waals surface area (Å²) < 4.78 is 30.9. The summed E-state index contributed by atoms with van der Waals surface area (Å²) in [5.74, 6) is -1.63. The van der Waals surface area contributed by atoms with Crippen LogP contribution >= 0.6 is 0 Å². The molecule has 3 aliphatic carbocycles. The molecule has 0 bridgehead atoms. The molecule has 1 unspecified atom stereocenters. The third kappa shape index (κ3) is 3.63. The summed E-state index contributed by atoms with van der Waals surface area (Å²) in [4.78, 5) is 36.0. The molecule has 9 atom stereocenters. The molecule has 41 heavy (non-hydrogen) atoms. The summed E-state index contributed by atoms with van der Waals surface area (Å²) >= 11 is 0. The van der Waals surface area contributed by atoms with Crippen molar-refractivity contribution in [1.29, 1.82) is 0 Å². The van der Waals surface area contributed by atoms with Gasteiger partial charge in [0.15, 0.2) is 11.7 Å². The van der Waals surface area contributed by atoms with Gasteiger partial charge in [0.1, 0.15) is 30.0 Å². The molecule has 0 aromatic rings. The Labute approximate surface area is 236 Å². The number of ether oxygens (including phenoxy) is 5. The summed E-state index contributed by atoms with van der Waals surface area (Å²) in [5.41, 5.74) is 3.37. The van der Waals surface area contributed by atoms with Crippen LogP contribution in [-0.2, 0) is 38.1 Å². The van der Waals surface area contributed by atoms with Crippen LogP contribution in [0, 0.1) is 17.3 Å². The van der Waals surface area contributed by atoms with Gasteiger partial charge in [-0.25, -0.2) is 4.79 Å². The van der Waals surface area contributed by atoms with Crippen LogP contribution < -0.4 is 5.73 Å². The van der Waals surface area contributed by atoms with Crippen molar-refractivity contribution in [3.8, 4) is 0 Å². The molecule has 6 N–H and O–H groups in total. The number of aliphatic hydroxyl groups is 3. The van der Waals surface area contributed by atoms with E-state index in [2.05, 4.69) is 6.92 Å². The maximum Gasteiger partial charge on any atom is 0.334 e. The SMILES string of the molecule is CC(C)[C@]12O[C@H]1[C@@H]1O[C@]13[C@]1(O[C@H]1CC1C4=C(CC[C@@]13C)C(=O)OC4)[C@@H]2OC(=O)CCC(=O)O.NC(CO)(CO)CO. The molecule has 228 valence electrons. The number of carboxylic acids is 1. The van der Waals surface area contributed by atoms with Crippen molar-refractivity contribution in [2.45, 2.75) is 99.6 Å². The third-order valence-electron chi connectivity index (χ3n) is 10.8. The van der Waals surface area contributed by atoms with Crippen LogP contribution in [0.4, 0.5) is 0 Å². The van der Waals surface area contributed by atoms with Gasteiger partial charge in [-0.1, -0.05) is 20.8 Å². The van der Waals surface area contributed by atoms with Crippen molar-refractivity contribution in [2.75, 3.05) is 26.4 Å². The van der Waals surface area contributed by atoms with Crippen LogP contribution in [0.5, 0.6) is 0 Å². The van der Waals surface area contributed by atoms with Crippen molar-refractivity contribution in [2.24, 2.45) is 23.0 Å². The lowest BCUT2D eigenvalue weighted by atomic mass is 9.46. The number of fused-ring (bicyclic) bond motifs is 4. The van der Waals surface area contributed by atoms with E-state index in [1.54, 1.807) is 0 Å². The first-order valence-corrected chi connectivity index (χ1v) is 14.3. The average molecular weight is 582 g/mol. The normalized spacial score (nSPS) is 44.1. The molecule has 2 spiro atoms. The number of esters is 2. The first kappa shape index (κ1) is 29.0. The van der Waals surface area contributed by atoms with Gasteiger partial charge in [-0.3, -0.25) is 9.59 Å². The average Bonchev–Trinajstić information content (AvgIpc) is 3.86. The number of hydrogen-bond donors (Lipinski definition) is 5. The monoisotopic (exact) mass is 581 g/mol. The number of nitrogens with two attached hydrogens (primary N) is 1. The Morgan fingerprint density at radius 2 is 1.78 bits per heavy atom. The molecule has 13 heteroatoms. The van der Waals surface area contributed by atoms with Crippen LogP contribution in [0.3, 0.4) is 0 Å². The summed E-state index contributed by atoms with van der Waals surface area (Å²) in [6.45, 7) is 5.44. The van der Waals surface area contributed by atoms with Gasteiger partial charge in [0, 0.05) is 11.0 Å². The highest BCUT2D eigenvalue weighted by atomic mass is 16.8. The first-order chi connectivity index (χ1) is 19.3. The molecule has 0 aromatic heterocycles. The first-order valence-electron chi connectivity index (χ1n) is 14.3. The zero-order valence-corrected chi connectivity index (χ0v) is 23.5. The minimum Gasteiger partial charge on any atom is -0.481 e. The fourth-order valence-corrected chi connectivity index (χ4v) is 8.39. The van der Waals surface area contributed by atoms with Crippen molar-refractivity contribution in [3.05, 3.63) is 11.1 Å². The van der Waals surface area contributed by atoms with Gasteiger partial charge >= 0.3 is 17.9 Å². The lowest BCUT2D eigenvalue weighted by Gasteiger charge is -2.53. The van der Waals surface area contributed by atoms with E-state index in [-0.39, 0.29) is 54.4 Å². The number of carbonyl (C=O) groups is 3. The number of aliphatic hydroxyl groups excluding tert-OH is 3. The Hall–Kier alpha value is -2.13. The van der Waals surface area contributed by atoms with Crippen LogP contribution in [0.1, 0.15) is 52.9 Å². The molecule has 2 saturated carbocycles. The lowest BCUT2D eigenvalue weighted by Crippen LogP contribution is -2.70. The number of epoxide rings is 3. The number of hydrogen-bond acceptors (Lipinski definition) is 12. The topological polar surface area (TPSA) is 214 Å². The largest absolute Gasteiger partial charge is 0.481 e. The second-order valence-corrected chi connectivity index (χ2v) is 13.1. The van der Waals surface area contributed by atoms with Crippen LogP contribution in [-0.4, -0.2) is 112 Å². The van der Waals surface area contributed by atoms with Gasteiger partial charge in [0.2, 0.25) is 0 Å². The molecule has 4 aliphatic heterocycles. The summed E-state index contributed by atoms with van der Waals surface area (Å²) in [6.07, 6.45) is 0.464. The second-order valence-electron chi connectivity index (χ2n) is 13.1. The molecule has 5 fully saturated rings. The number of rotatable bonds is 8. The maximum atomic E-state index is 12.7. The standard InChI is InChI=1S/C24H28O9.C4H11NO3/c1-10(2)22-17(32-22)18-24(33-18)21(3)7-6-11-12(9-29-19(11)28)13(21)8-14-23(24,31-14)20(22)30-16(27)5-4-15(25)26;5-4(1-6,2-7)3-8/h10,13-14,17-18,20H,4-9H2,1-3H3,(H,25,26);6-8H,1-3,5H2/t13?,14-,17-,18-,20+,21-,22-,23+,24+;/m0./s1.